The van der Waals surface area contributed by atoms with Crippen molar-refractivity contribution in [2.45, 2.75) is 46.1 Å². The zero-order valence-electron chi connectivity index (χ0n) is 13.1. The zero-order valence-corrected chi connectivity index (χ0v) is 13.1. The van der Waals surface area contributed by atoms with Crippen molar-refractivity contribution in [1.29, 1.82) is 0 Å². The summed E-state index contributed by atoms with van der Waals surface area (Å²) in [5.74, 6) is 0.215. The van der Waals surface area contributed by atoms with E-state index in [4.69, 9.17) is 0 Å². The summed E-state index contributed by atoms with van der Waals surface area (Å²) >= 11 is 0. The highest BCUT2D eigenvalue weighted by molar-refractivity contribution is 6.01. The van der Waals surface area contributed by atoms with E-state index in [1.54, 1.807) is 0 Å². The van der Waals surface area contributed by atoms with Crippen LogP contribution in [0.25, 0.3) is 10.9 Å². The van der Waals surface area contributed by atoms with Crippen molar-refractivity contribution in [1.82, 2.24) is 9.47 Å². The van der Waals surface area contributed by atoms with Crippen molar-refractivity contribution in [3.63, 3.8) is 0 Å². The summed E-state index contributed by atoms with van der Waals surface area (Å²) in [5.41, 5.74) is 3.19. The molecule has 0 saturated carbocycles. The summed E-state index contributed by atoms with van der Waals surface area (Å²) < 4.78 is 2.18. The molecule has 1 amide bonds. The van der Waals surface area contributed by atoms with Crippen molar-refractivity contribution in [3.05, 3.63) is 35.5 Å². The molecule has 3 rings (SSSR count). The van der Waals surface area contributed by atoms with Crippen molar-refractivity contribution < 1.29 is 4.79 Å². The molecule has 3 nitrogen and oxygen atoms in total. The molecule has 3 heteroatoms. The van der Waals surface area contributed by atoms with E-state index in [1.165, 1.54) is 23.7 Å². The summed E-state index contributed by atoms with van der Waals surface area (Å²) in [6.07, 6.45) is 4.77. The summed E-state index contributed by atoms with van der Waals surface area (Å²) in [4.78, 5) is 15.1. The molecule has 2 aromatic rings. The largest absolute Gasteiger partial charge is 0.337 e. The van der Waals surface area contributed by atoms with Crippen molar-refractivity contribution in [3.8, 4) is 0 Å². The van der Waals surface area contributed by atoms with E-state index in [1.807, 2.05) is 6.07 Å². The Kier molecular flexibility index (Phi) is 4.00. The fourth-order valence-electron chi connectivity index (χ4n) is 3.50. The first-order valence-electron chi connectivity index (χ1n) is 8.11. The minimum atomic E-state index is 0.215. The fourth-order valence-corrected chi connectivity index (χ4v) is 3.50. The van der Waals surface area contributed by atoms with Crippen LogP contribution in [0.5, 0.6) is 0 Å². The molecular weight excluding hydrogens is 260 g/mol. The number of rotatable bonds is 2. The average molecular weight is 284 g/mol. The lowest BCUT2D eigenvalue weighted by Gasteiger charge is -2.21. The molecular formula is C18H24N2O. The Morgan fingerprint density at radius 2 is 1.76 bits per heavy atom. The Balaban J connectivity index is 2.06. The van der Waals surface area contributed by atoms with Crippen LogP contribution >= 0.6 is 0 Å². The first-order valence-corrected chi connectivity index (χ1v) is 8.11. The van der Waals surface area contributed by atoms with Crippen LogP contribution in [0.3, 0.4) is 0 Å². The second-order valence-corrected chi connectivity index (χ2v) is 5.94. The first kappa shape index (κ1) is 14.2. The number of carbonyl (C=O) groups is 1. The molecule has 1 saturated heterocycles. The lowest BCUT2D eigenvalue weighted by molar-refractivity contribution is 0.0750. The molecule has 1 aromatic carbocycles. The van der Waals surface area contributed by atoms with Gasteiger partial charge < -0.3 is 9.47 Å². The Morgan fingerprint density at radius 1 is 1.10 bits per heavy atom. The van der Waals surface area contributed by atoms with E-state index in [2.05, 4.69) is 41.5 Å². The van der Waals surface area contributed by atoms with E-state index in [9.17, 15) is 4.79 Å². The summed E-state index contributed by atoms with van der Waals surface area (Å²) in [6.45, 7) is 6.85. The summed E-state index contributed by atoms with van der Waals surface area (Å²) in [5, 5.41) is 1.21. The number of hydrogen-bond acceptors (Lipinski definition) is 1. The van der Waals surface area contributed by atoms with Crippen LogP contribution in [-0.4, -0.2) is 28.5 Å². The Morgan fingerprint density at radius 3 is 2.43 bits per heavy atom. The van der Waals surface area contributed by atoms with Gasteiger partial charge in [0.15, 0.2) is 0 Å². The number of nitrogens with zero attached hydrogens (tertiary/aromatic N) is 2. The van der Waals surface area contributed by atoms with Gasteiger partial charge in [-0.1, -0.05) is 31.0 Å². The van der Waals surface area contributed by atoms with Gasteiger partial charge in [0.2, 0.25) is 0 Å². The monoisotopic (exact) mass is 284 g/mol. The quantitative estimate of drug-likeness (QED) is 0.818. The number of para-hydroxylation sites is 1. The predicted molar refractivity (Wildman–Crippen MR) is 86.7 cm³/mol. The van der Waals surface area contributed by atoms with E-state index in [-0.39, 0.29) is 5.91 Å². The van der Waals surface area contributed by atoms with Crippen LogP contribution in [-0.2, 0) is 6.54 Å². The SMILES string of the molecule is CCn1c(C(=O)N2CCCCCC2)c(C)c2ccccc21. The molecule has 21 heavy (non-hydrogen) atoms. The van der Waals surface area contributed by atoms with Gasteiger partial charge in [0.1, 0.15) is 5.69 Å². The Hall–Kier alpha value is -1.77. The average Bonchev–Trinajstić information content (AvgIpc) is 2.70. The molecule has 0 aliphatic carbocycles. The summed E-state index contributed by atoms with van der Waals surface area (Å²) in [7, 11) is 0. The van der Waals surface area contributed by atoms with Crippen LogP contribution < -0.4 is 0 Å². The molecule has 0 N–H and O–H groups in total. The normalized spacial score (nSPS) is 16.2. The highest BCUT2D eigenvalue weighted by Crippen LogP contribution is 2.27. The Bertz CT molecular complexity index is 649. The van der Waals surface area contributed by atoms with Crippen LogP contribution in [0.15, 0.2) is 24.3 Å². The van der Waals surface area contributed by atoms with Gasteiger partial charge in [-0.05, 0) is 38.3 Å². The number of hydrogen-bond donors (Lipinski definition) is 0. The van der Waals surface area contributed by atoms with Crippen LogP contribution in [0.1, 0.15) is 48.7 Å². The topological polar surface area (TPSA) is 25.2 Å². The van der Waals surface area contributed by atoms with E-state index >= 15 is 0 Å². The molecule has 1 aliphatic rings. The molecule has 0 radical (unpaired) electrons. The molecule has 1 aromatic heterocycles. The van der Waals surface area contributed by atoms with Gasteiger partial charge in [-0.2, -0.15) is 0 Å². The highest BCUT2D eigenvalue weighted by Gasteiger charge is 2.24. The smallest absolute Gasteiger partial charge is 0.270 e. The number of carbonyl (C=O) groups excluding carboxylic acids is 1. The van der Waals surface area contributed by atoms with Crippen molar-refractivity contribution >= 4 is 16.8 Å². The van der Waals surface area contributed by atoms with Gasteiger partial charge in [-0.15, -0.1) is 0 Å². The second-order valence-electron chi connectivity index (χ2n) is 5.94. The van der Waals surface area contributed by atoms with Gasteiger partial charge in [0, 0.05) is 30.5 Å². The van der Waals surface area contributed by atoms with Crippen LogP contribution in [0.2, 0.25) is 0 Å². The lowest BCUT2D eigenvalue weighted by atomic mass is 10.1. The molecule has 1 fully saturated rings. The lowest BCUT2D eigenvalue weighted by Crippen LogP contribution is -2.33. The van der Waals surface area contributed by atoms with Crippen LogP contribution in [0, 0.1) is 6.92 Å². The molecule has 0 spiro atoms. The number of benzene rings is 1. The number of amides is 1. The minimum Gasteiger partial charge on any atom is -0.337 e. The summed E-state index contributed by atoms with van der Waals surface area (Å²) in [6, 6.07) is 8.34. The maximum absolute atomic E-state index is 13.0. The fraction of sp³-hybridized carbons (Fsp3) is 0.500. The second kappa shape index (κ2) is 5.92. The highest BCUT2D eigenvalue weighted by atomic mass is 16.2. The van der Waals surface area contributed by atoms with Gasteiger partial charge in [0.25, 0.3) is 5.91 Å². The molecule has 1 aliphatic heterocycles. The van der Waals surface area contributed by atoms with Crippen LogP contribution in [0.4, 0.5) is 0 Å². The maximum Gasteiger partial charge on any atom is 0.270 e. The van der Waals surface area contributed by atoms with E-state index < -0.39 is 0 Å². The maximum atomic E-state index is 13.0. The Labute approximate surface area is 126 Å². The molecule has 112 valence electrons. The third-order valence-electron chi connectivity index (χ3n) is 4.64. The predicted octanol–water partition coefficient (Wildman–Crippen LogP) is 3.99. The third kappa shape index (κ3) is 2.45. The number of fused-ring (bicyclic) bond motifs is 1. The molecule has 2 heterocycles. The van der Waals surface area contributed by atoms with E-state index in [0.29, 0.717) is 0 Å². The standard InChI is InChI=1S/C18H24N2O/c1-3-20-16-11-7-6-10-15(16)14(2)17(20)18(21)19-12-8-4-5-9-13-19/h6-7,10-11H,3-5,8-9,12-13H2,1-2H3. The van der Waals surface area contributed by atoms with Gasteiger partial charge in [0.05, 0.1) is 0 Å². The van der Waals surface area contributed by atoms with E-state index in [0.717, 1.165) is 43.7 Å². The molecule has 0 atom stereocenters. The molecule has 0 bridgehead atoms. The molecule has 0 unspecified atom stereocenters. The van der Waals surface area contributed by atoms with Gasteiger partial charge in [-0.3, -0.25) is 4.79 Å². The minimum absolute atomic E-state index is 0.215. The van der Waals surface area contributed by atoms with Crippen molar-refractivity contribution in [2.75, 3.05) is 13.1 Å². The van der Waals surface area contributed by atoms with Gasteiger partial charge >= 0.3 is 0 Å². The van der Waals surface area contributed by atoms with Gasteiger partial charge in [-0.25, -0.2) is 0 Å². The number of aromatic nitrogens is 1. The third-order valence-corrected chi connectivity index (χ3v) is 4.64. The number of aryl methyl sites for hydroxylation is 2. The zero-order chi connectivity index (χ0) is 14.8. The number of likely N-dealkylation sites (tertiary alicyclic amines) is 1. The first-order chi connectivity index (χ1) is 10.2. The van der Waals surface area contributed by atoms with Crippen molar-refractivity contribution in [2.24, 2.45) is 0 Å².